The summed E-state index contributed by atoms with van der Waals surface area (Å²) in [5.41, 5.74) is 2.78. The Bertz CT molecular complexity index is 1260. The molecule has 164 valence electrons. The van der Waals surface area contributed by atoms with Gasteiger partial charge in [-0.1, -0.05) is 48.5 Å². The van der Waals surface area contributed by atoms with Gasteiger partial charge in [-0.15, -0.1) is 0 Å². The quantitative estimate of drug-likeness (QED) is 0.340. The molecule has 0 fully saturated rings. The van der Waals surface area contributed by atoms with E-state index in [0.717, 1.165) is 11.1 Å². The van der Waals surface area contributed by atoms with Gasteiger partial charge in [-0.05, 0) is 51.3 Å². The largest absolute Gasteiger partial charge is 0.493 e. The molecule has 1 amide bonds. The zero-order valence-electron chi connectivity index (χ0n) is 17.8. The first-order valence-electron chi connectivity index (χ1n) is 9.98. The molecule has 0 heterocycles. The molecule has 6 nitrogen and oxygen atoms in total. The highest BCUT2D eigenvalue weighted by molar-refractivity contribution is 9.10. The highest BCUT2D eigenvalue weighted by atomic mass is 79.9. The van der Waals surface area contributed by atoms with Crippen molar-refractivity contribution in [1.29, 1.82) is 10.5 Å². The summed E-state index contributed by atoms with van der Waals surface area (Å²) in [6.45, 7) is 0.502. The predicted octanol–water partition coefficient (Wildman–Crippen LogP) is 5.13. The molecule has 0 saturated heterocycles. The first-order chi connectivity index (χ1) is 16.0. The monoisotopic (exact) mass is 501 g/mol. The molecular weight excluding hydrogens is 482 g/mol. The summed E-state index contributed by atoms with van der Waals surface area (Å²) in [5.74, 6) is 0.409. The number of nitriles is 2. The van der Waals surface area contributed by atoms with Crippen molar-refractivity contribution in [1.82, 2.24) is 5.32 Å². The number of carbonyl (C=O) groups is 1. The van der Waals surface area contributed by atoms with E-state index in [0.29, 0.717) is 33.6 Å². The van der Waals surface area contributed by atoms with Gasteiger partial charge in [0.25, 0.3) is 5.91 Å². The summed E-state index contributed by atoms with van der Waals surface area (Å²) in [7, 11) is 1.50. The lowest BCUT2D eigenvalue weighted by atomic mass is 10.1. The number of rotatable bonds is 8. The summed E-state index contributed by atoms with van der Waals surface area (Å²) in [5, 5.41) is 21.5. The molecule has 1 N–H and O–H groups in total. The lowest BCUT2D eigenvalue weighted by Crippen LogP contribution is -2.23. The van der Waals surface area contributed by atoms with Gasteiger partial charge >= 0.3 is 0 Å². The molecule has 0 aliphatic carbocycles. The Morgan fingerprint density at radius 2 is 1.82 bits per heavy atom. The maximum Gasteiger partial charge on any atom is 0.262 e. The van der Waals surface area contributed by atoms with Gasteiger partial charge in [0.2, 0.25) is 0 Å². The van der Waals surface area contributed by atoms with E-state index < -0.39 is 5.91 Å². The molecule has 0 saturated carbocycles. The fourth-order valence-electron chi connectivity index (χ4n) is 3.06. The number of ether oxygens (including phenoxy) is 2. The zero-order valence-corrected chi connectivity index (χ0v) is 19.4. The van der Waals surface area contributed by atoms with Gasteiger partial charge in [0.05, 0.1) is 23.2 Å². The Morgan fingerprint density at radius 1 is 1.09 bits per heavy atom. The van der Waals surface area contributed by atoms with Crippen LogP contribution in [0, 0.1) is 22.7 Å². The molecule has 3 aromatic carbocycles. The smallest absolute Gasteiger partial charge is 0.262 e. The maximum absolute atomic E-state index is 12.5. The summed E-state index contributed by atoms with van der Waals surface area (Å²) in [4.78, 5) is 12.5. The fourth-order valence-corrected chi connectivity index (χ4v) is 3.63. The molecule has 7 heteroatoms. The molecule has 0 unspecified atom stereocenters. The first kappa shape index (κ1) is 23.6. The van der Waals surface area contributed by atoms with E-state index in [4.69, 9.17) is 9.47 Å². The Labute approximate surface area is 200 Å². The van der Waals surface area contributed by atoms with Crippen molar-refractivity contribution in [3.8, 4) is 23.6 Å². The Hall–Kier alpha value is -4.07. The summed E-state index contributed by atoms with van der Waals surface area (Å²) < 4.78 is 12.0. The number of hydrogen-bond donors (Lipinski definition) is 1. The van der Waals surface area contributed by atoms with E-state index in [1.54, 1.807) is 24.3 Å². The summed E-state index contributed by atoms with van der Waals surface area (Å²) in [6.07, 6.45) is 1.49. The average Bonchev–Trinajstić information content (AvgIpc) is 2.85. The topological polar surface area (TPSA) is 95.1 Å². The van der Waals surface area contributed by atoms with E-state index in [1.165, 1.54) is 13.2 Å². The molecule has 0 spiro atoms. The first-order valence-corrected chi connectivity index (χ1v) is 10.8. The average molecular weight is 502 g/mol. The van der Waals surface area contributed by atoms with Crippen LogP contribution in [0.4, 0.5) is 0 Å². The normalized spacial score (nSPS) is 10.6. The lowest BCUT2D eigenvalue weighted by molar-refractivity contribution is -0.117. The zero-order chi connectivity index (χ0) is 23.6. The molecule has 0 bridgehead atoms. The second-order valence-corrected chi connectivity index (χ2v) is 7.78. The second kappa shape index (κ2) is 11.5. The van der Waals surface area contributed by atoms with Crippen molar-refractivity contribution in [2.75, 3.05) is 7.11 Å². The molecule has 0 aliphatic rings. The van der Waals surface area contributed by atoms with E-state index in [-0.39, 0.29) is 12.2 Å². The predicted molar refractivity (Wildman–Crippen MR) is 128 cm³/mol. The van der Waals surface area contributed by atoms with Crippen LogP contribution in [0.1, 0.15) is 22.3 Å². The third kappa shape index (κ3) is 6.22. The van der Waals surface area contributed by atoms with Crippen LogP contribution in [-0.2, 0) is 17.9 Å². The molecule has 3 aromatic rings. The van der Waals surface area contributed by atoms with Crippen LogP contribution in [0.3, 0.4) is 0 Å². The summed E-state index contributed by atoms with van der Waals surface area (Å²) in [6, 6.07) is 24.1. The third-order valence-corrected chi connectivity index (χ3v) is 5.32. The molecule has 33 heavy (non-hydrogen) atoms. The van der Waals surface area contributed by atoms with Gasteiger partial charge < -0.3 is 14.8 Å². The molecule has 0 atom stereocenters. The van der Waals surface area contributed by atoms with Crippen LogP contribution in [0.15, 0.2) is 76.8 Å². The van der Waals surface area contributed by atoms with Gasteiger partial charge in [0.1, 0.15) is 18.2 Å². The Balaban J connectivity index is 1.78. The number of carbonyl (C=O) groups excluding carboxylic acids is 1. The Morgan fingerprint density at radius 3 is 2.52 bits per heavy atom. The van der Waals surface area contributed by atoms with Crippen molar-refractivity contribution in [3.05, 3.63) is 99.0 Å². The molecule has 3 rings (SSSR count). The molecule has 0 radical (unpaired) electrons. The van der Waals surface area contributed by atoms with E-state index >= 15 is 0 Å². The van der Waals surface area contributed by atoms with Crippen LogP contribution in [0.2, 0.25) is 0 Å². The van der Waals surface area contributed by atoms with Crippen molar-refractivity contribution in [2.45, 2.75) is 13.2 Å². The van der Waals surface area contributed by atoms with Gasteiger partial charge in [0, 0.05) is 12.1 Å². The lowest BCUT2D eigenvalue weighted by Gasteiger charge is -2.14. The van der Waals surface area contributed by atoms with Crippen molar-refractivity contribution < 1.29 is 14.3 Å². The minimum absolute atomic E-state index is 0.0310. The van der Waals surface area contributed by atoms with E-state index in [9.17, 15) is 15.3 Å². The third-order valence-electron chi connectivity index (χ3n) is 4.73. The number of nitrogens with one attached hydrogen (secondary N) is 1. The minimum atomic E-state index is -0.468. The molecular formula is C26H20BrN3O3. The highest BCUT2D eigenvalue weighted by Crippen LogP contribution is 2.38. The number of hydrogen-bond acceptors (Lipinski definition) is 5. The fraction of sp³-hybridized carbons (Fsp3) is 0.115. The van der Waals surface area contributed by atoms with Gasteiger partial charge in [-0.2, -0.15) is 10.5 Å². The van der Waals surface area contributed by atoms with Gasteiger partial charge in [-0.25, -0.2) is 0 Å². The number of methoxy groups -OCH3 is 1. The van der Waals surface area contributed by atoms with E-state index in [1.807, 2.05) is 48.5 Å². The van der Waals surface area contributed by atoms with Gasteiger partial charge in [0.15, 0.2) is 11.5 Å². The second-order valence-electron chi connectivity index (χ2n) is 6.93. The van der Waals surface area contributed by atoms with Crippen molar-refractivity contribution >= 4 is 27.9 Å². The molecule has 0 aliphatic heterocycles. The van der Waals surface area contributed by atoms with Crippen LogP contribution >= 0.6 is 15.9 Å². The Kier molecular flexibility index (Phi) is 8.24. The number of halogens is 1. The SMILES string of the molecule is COc1cc(/C=C(/C#N)C(=O)NCc2ccccc2)cc(Br)c1OCc1ccccc1C#N. The van der Waals surface area contributed by atoms with Crippen LogP contribution in [0.25, 0.3) is 6.08 Å². The standard InChI is InChI=1S/C26H20BrN3O3/c1-32-24-13-19(11-22(15-29)26(31)30-16-18-7-3-2-4-8-18)12-23(27)25(24)33-17-21-10-6-5-9-20(21)14-28/h2-13H,16-17H2,1H3,(H,30,31)/b22-11-. The summed E-state index contributed by atoms with van der Waals surface area (Å²) >= 11 is 3.48. The van der Waals surface area contributed by atoms with E-state index in [2.05, 4.69) is 27.3 Å². The number of amides is 1. The van der Waals surface area contributed by atoms with Crippen LogP contribution in [0.5, 0.6) is 11.5 Å². The van der Waals surface area contributed by atoms with Crippen LogP contribution in [-0.4, -0.2) is 13.0 Å². The van der Waals surface area contributed by atoms with Crippen molar-refractivity contribution in [3.63, 3.8) is 0 Å². The number of benzene rings is 3. The van der Waals surface area contributed by atoms with Crippen molar-refractivity contribution in [2.24, 2.45) is 0 Å². The van der Waals surface area contributed by atoms with Gasteiger partial charge in [-0.3, -0.25) is 4.79 Å². The highest BCUT2D eigenvalue weighted by Gasteiger charge is 2.15. The molecule has 0 aromatic heterocycles. The number of nitrogens with zero attached hydrogens (tertiary/aromatic N) is 2. The minimum Gasteiger partial charge on any atom is -0.493 e. The maximum atomic E-state index is 12.5. The van der Waals surface area contributed by atoms with Crippen LogP contribution < -0.4 is 14.8 Å².